The highest BCUT2D eigenvalue weighted by Gasteiger charge is 2.26. The number of carbonyl (C=O) groups excluding carboxylic acids is 1. The molecule has 1 atom stereocenters. The van der Waals surface area contributed by atoms with E-state index >= 15 is 0 Å². The summed E-state index contributed by atoms with van der Waals surface area (Å²) < 4.78 is 0. The van der Waals surface area contributed by atoms with E-state index in [-0.39, 0.29) is 11.9 Å². The highest BCUT2D eigenvalue weighted by atomic mass is 16.2. The minimum Gasteiger partial charge on any atom is -0.357 e. The second kappa shape index (κ2) is 2.73. The van der Waals surface area contributed by atoms with Crippen LogP contribution in [0.3, 0.4) is 0 Å². The lowest BCUT2D eigenvalue weighted by Crippen LogP contribution is -2.43. The largest absolute Gasteiger partial charge is 0.357 e. The zero-order valence-electron chi connectivity index (χ0n) is 7.61. The van der Waals surface area contributed by atoms with Crippen LogP contribution in [-0.4, -0.2) is 24.0 Å². The van der Waals surface area contributed by atoms with Crippen LogP contribution in [0, 0.1) is 0 Å². The Balaban J connectivity index is 2.49. The summed E-state index contributed by atoms with van der Waals surface area (Å²) >= 11 is 0. The Morgan fingerprint density at radius 3 is 3.15 bits per heavy atom. The predicted molar refractivity (Wildman–Crippen MR) is 50.7 cm³/mol. The van der Waals surface area contributed by atoms with Gasteiger partial charge >= 0.3 is 0 Å². The van der Waals surface area contributed by atoms with Gasteiger partial charge in [-0.3, -0.25) is 4.79 Å². The summed E-state index contributed by atoms with van der Waals surface area (Å²) in [6.45, 7) is 1.83. The van der Waals surface area contributed by atoms with Crippen molar-refractivity contribution in [3.63, 3.8) is 0 Å². The first-order valence-corrected chi connectivity index (χ1v) is 4.19. The van der Waals surface area contributed by atoms with Gasteiger partial charge in [0.1, 0.15) is 6.04 Å². The van der Waals surface area contributed by atoms with Crippen LogP contribution in [-0.2, 0) is 4.79 Å². The van der Waals surface area contributed by atoms with Crippen LogP contribution in [0.1, 0.15) is 6.92 Å². The number of likely N-dealkylation sites (N-methyl/N-ethyl adjacent to an activating group) is 1. The molecule has 1 aliphatic heterocycles. The number of hydrogen-bond donors (Lipinski definition) is 1. The Labute approximate surface area is 76.6 Å². The minimum absolute atomic E-state index is 0.0699. The lowest BCUT2D eigenvalue weighted by Gasteiger charge is -2.29. The summed E-state index contributed by atoms with van der Waals surface area (Å²) in [5.41, 5.74) is 0.839. The van der Waals surface area contributed by atoms with Gasteiger partial charge in [0.25, 0.3) is 0 Å². The van der Waals surface area contributed by atoms with Gasteiger partial charge in [0.05, 0.1) is 5.69 Å². The van der Waals surface area contributed by atoms with Crippen molar-refractivity contribution in [1.82, 2.24) is 4.98 Å². The van der Waals surface area contributed by atoms with E-state index in [1.807, 2.05) is 19.1 Å². The summed E-state index contributed by atoms with van der Waals surface area (Å²) in [5.74, 6) is 0.845. The lowest BCUT2D eigenvalue weighted by atomic mass is 10.2. The summed E-state index contributed by atoms with van der Waals surface area (Å²) in [6.07, 6.45) is 1.71. The number of aromatic nitrogens is 1. The molecule has 2 rings (SSSR count). The molecule has 0 aliphatic carbocycles. The second-order valence-electron chi connectivity index (χ2n) is 3.13. The molecule has 1 aliphatic rings. The van der Waals surface area contributed by atoms with E-state index in [1.165, 1.54) is 0 Å². The smallest absolute Gasteiger partial charge is 0.249 e. The zero-order valence-corrected chi connectivity index (χ0v) is 7.61. The molecule has 0 saturated carbocycles. The van der Waals surface area contributed by atoms with Gasteiger partial charge in [0, 0.05) is 13.2 Å². The fourth-order valence-corrected chi connectivity index (χ4v) is 1.45. The van der Waals surface area contributed by atoms with E-state index in [1.54, 1.807) is 18.1 Å². The van der Waals surface area contributed by atoms with Crippen molar-refractivity contribution in [3.05, 3.63) is 18.3 Å². The van der Waals surface area contributed by atoms with Gasteiger partial charge < -0.3 is 10.2 Å². The highest BCUT2D eigenvalue weighted by Crippen LogP contribution is 2.27. The molecule has 4 heteroatoms. The molecule has 68 valence electrons. The Kier molecular flexibility index (Phi) is 1.69. The SMILES string of the molecule is CC1Nc2ncccc2N(C)C1=O. The van der Waals surface area contributed by atoms with Crippen LogP contribution in [0.5, 0.6) is 0 Å². The molecule has 1 amide bonds. The third-order valence-electron chi connectivity index (χ3n) is 2.20. The van der Waals surface area contributed by atoms with Gasteiger partial charge in [-0.2, -0.15) is 0 Å². The fraction of sp³-hybridized carbons (Fsp3) is 0.333. The van der Waals surface area contributed by atoms with Gasteiger partial charge in [0.2, 0.25) is 5.91 Å². The van der Waals surface area contributed by atoms with Crippen molar-refractivity contribution in [2.24, 2.45) is 0 Å². The average molecular weight is 177 g/mol. The average Bonchev–Trinajstić information content (AvgIpc) is 2.15. The molecule has 0 bridgehead atoms. The number of amides is 1. The summed E-state index contributed by atoms with van der Waals surface area (Å²) in [7, 11) is 1.76. The normalized spacial score (nSPS) is 20.9. The number of rotatable bonds is 0. The topological polar surface area (TPSA) is 45.2 Å². The number of hydrogen-bond acceptors (Lipinski definition) is 3. The highest BCUT2D eigenvalue weighted by molar-refractivity contribution is 6.03. The van der Waals surface area contributed by atoms with Gasteiger partial charge in [-0.1, -0.05) is 0 Å². The third-order valence-corrected chi connectivity index (χ3v) is 2.20. The molecule has 2 heterocycles. The summed E-state index contributed by atoms with van der Waals surface area (Å²) in [6, 6.07) is 3.51. The molecule has 13 heavy (non-hydrogen) atoms. The van der Waals surface area contributed by atoms with Crippen LogP contribution in [0.25, 0.3) is 0 Å². The molecule has 0 saturated heterocycles. The Bertz CT molecular complexity index is 350. The summed E-state index contributed by atoms with van der Waals surface area (Å²) in [4.78, 5) is 17.3. The molecule has 0 aromatic carbocycles. The zero-order chi connectivity index (χ0) is 9.42. The van der Waals surface area contributed by atoms with Crippen molar-refractivity contribution in [2.75, 3.05) is 17.3 Å². The molecule has 1 N–H and O–H groups in total. The van der Waals surface area contributed by atoms with Gasteiger partial charge in [-0.15, -0.1) is 0 Å². The number of pyridine rings is 1. The maximum atomic E-state index is 11.5. The molecule has 0 radical (unpaired) electrons. The fourth-order valence-electron chi connectivity index (χ4n) is 1.45. The van der Waals surface area contributed by atoms with Gasteiger partial charge in [-0.05, 0) is 19.1 Å². The predicted octanol–water partition coefficient (Wildman–Crippen LogP) is 0.858. The first kappa shape index (κ1) is 8.04. The molecule has 1 unspecified atom stereocenters. The first-order valence-electron chi connectivity index (χ1n) is 4.19. The number of anilines is 2. The van der Waals surface area contributed by atoms with Crippen LogP contribution in [0.2, 0.25) is 0 Å². The Morgan fingerprint density at radius 1 is 1.62 bits per heavy atom. The molecular weight excluding hydrogens is 166 g/mol. The Morgan fingerprint density at radius 2 is 2.38 bits per heavy atom. The minimum atomic E-state index is -0.188. The number of fused-ring (bicyclic) bond motifs is 1. The molecule has 0 fully saturated rings. The molecule has 0 spiro atoms. The van der Waals surface area contributed by atoms with Crippen LogP contribution in [0.15, 0.2) is 18.3 Å². The van der Waals surface area contributed by atoms with E-state index in [9.17, 15) is 4.79 Å². The molecule has 1 aromatic heterocycles. The maximum Gasteiger partial charge on any atom is 0.249 e. The van der Waals surface area contributed by atoms with Crippen molar-refractivity contribution in [3.8, 4) is 0 Å². The van der Waals surface area contributed by atoms with Gasteiger partial charge in [-0.25, -0.2) is 4.98 Å². The van der Waals surface area contributed by atoms with E-state index in [0.29, 0.717) is 0 Å². The Hall–Kier alpha value is -1.58. The molecular formula is C9H11N3O. The molecule has 4 nitrogen and oxygen atoms in total. The monoisotopic (exact) mass is 177 g/mol. The van der Waals surface area contributed by atoms with Crippen molar-refractivity contribution >= 4 is 17.4 Å². The van der Waals surface area contributed by atoms with E-state index in [2.05, 4.69) is 10.3 Å². The number of nitrogens with zero attached hydrogens (tertiary/aromatic N) is 2. The number of nitrogens with one attached hydrogen (secondary N) is 1. The standard InChI is InChI=1S/C9H11N3O/c1-6-9(13)12(2)7-4-3-5-10-8(7)11-6/h3-6H,1-2H3,(H,10,11). The first-order chi connectivity index (χ1) is 6.20. The van der Waals surface area contributed by atoms with Gasteiger partial charge in [0.15, 0.2) is 5.82 Å². The molecule has 1 aromatic rings. The van der Waals surface area contributed by atoms with Crippen molar-refractivity contribution < 1.29 is 4.79 Å². The quantitative estimate of drug-likeness (QED) is 0.639. The van der Waals surface area contributed by atoms with Crippen LogP contribution < -0.4 is 10.2 Å². The van der Waals surface area contributed by atoms with E-state index in [0.717, 1.165) is 11.5 Å². The van der Waals surface area contributed by atoms with Crippen LogP contribution >= 0.6 is 0 Å². The van der Waals surface area contributed by atoms with E-state index < -0.39 is 0 Å². The lowest BCUT2D eigenvalue weighted by molar-refractivity contribution is -0.118. The van der Waals surface area contributed by atoms with Crippen LogP contribution in [0.4, 0.5) is 11.5 Å². The number of carbonyl (C=O) groups is 1. The van der Waals surface area contributed by atoms with Crippen molar-refractivity contribution in [1.29, 1.82) is 0 Å². The summed E-state index contributed by atoms with van der Waals surface area (Å²) in [5, 5.41) is 3.04. The third kappa shape index (κ3) is 1.14. The maximum absolute atomic E-state index is 11.5. The van der Waals surface area contributed by atoms with Crippen molar-refractivity contribution in [2.45, 2.75) is 13.0 Å². The second-order valence-corrected chi connectivity index (χ2v) is 3.13. The van der Waals surface area contributed by atoms with E-state index in [4.69, 9.17) is 0 Å².